The number of carbonyl (C=O) groups is 1. The Labute approximate surface area is 112 Å². The van der Waals surface area contributed by atoms with Gasteiger partial charge >= 0.3 is 0 Å². The number of benzene rings is 2. The van der Waals surface area contributed by atoms with Crippen molar-refractivity contribution in [1.82, 2.24) is 0 Å². The lowest BCUT2D eigenvalue weighted by Gasteiger charge is -2.21. The lowest BCUT2D eigenvalue weighted by atomic mass is 10.00. The van der Waals surface area contributed by atoms with Crippen LogP contribution >= 0.6 is 0 Å². The molecule has 0 aliphatic carbocycles. The minimum atomic E-state index is -0.0959. The van der Waals surface area contributed by atoms with E-state index in [4.69, 9.17) is 0 Å². The first kappa shape index (κ1) is 11.8. The van der Waals surface area contributed by atoms with Gasteiger partial charge in [0, 0.05) is 25.0 Å². The first-order chi connectivity index (χ1) is 9.27. The van der Waals surface area contributed by atoms with E-state index < -0.39 is 0 Å². The summed E-state index contributed by atoms with van der Waals surface area (Å²) in [5.74, 6) is 0.0325. The Morgan fingerprint density at radius 3 is 2.58 bits per heavy atom. The van der Waals surface area contributed by atoms with Gasteiger partial charge in [-0.15, -0.1) is 0 Å². The molecule has 19 heavy (non-hydrogen) atoms. The lowest BCUT2D eigenvalue weighted by molar-refractivity contribution is -0.119. The fraction of sp³-hybridized carbons (Fsp3) is 0.188. The Hall–Kier alpha value is -2.29. The predicted molar refractivity (Wildman–Crippen MR) is 77.5 cm³/mol. The zero-order valence-corrected chi connectivity index (χ0v) is 10.8. The van der Waals surface area contributed by atoms with Crippen molar-refractivity contribution in [1.29, 1.82) is 0 Å². The minimum absolute atomic E-state index is 0.0959. The largest absolute Gasteiger partial charge is 0.384 e. The van der Waals surface area contributed by atoms with Crippen molar-refractivity contribution in [2.24, 2.45) is 0 Å². The van der Waals surface area contributed by atoms with Crippen molar-refractivity contribution in [3.8, 4) is 0 Å². The molecule has 0 spiro atoms. The molecule has 3 nitrogen and oxygen atoms in total. The second-order valence-electron chi connectivity index (χ2n) is 4.75. The summed E-state index contributed by atoms with van der Waals surface area (Å²) in [6.07, 6.45) is 0. The first-order valence-corrected chi connectivity index (χ1v) is 6.43. The van der Waals surface area contributed by atoms with Gasteiger partial charge in [0.2, 0.25) is 5.91 Å². The van der Waals surface area contributed by atoms with E-state index in [0.29, 0.717) is 6.54 Å². The quantitative estimate of drug-likeness (QED) is 0.891. The minimum Gasteiger partial charge on any atom is -0.384 e. The predicted octanol–water partition coefficient (Wildman–Crippen LogP) is 2.86. The second kappa shape index (κ2) is 4.76. The number of amides is 1. The van der Waals surface area contributed by atoms with E-state index in [0.717, 1.165) is 16.9 Å². The molecule has 1 aliphatic rings. The molecule has 0 fully saturated rings. The molecule has 1 aliphatic heterocycles. The maximum Gasteiger partial charge on any atom is 0.236 e. The Balaban J connectivity index is 1.86. The zero-order valence-electron chi connectivity index (χ0n) is 10.8. The maximum atomic E-state index is 12.6. The number of anilines is 2. The summed E-state index contributed by atoms with van der Waals surface area (Å²) in [4.78, 5) is 14.3. The molecule has 1 unspecified atom stereocenters. The zero-order chi connectivity index (χ0) is 13.2. The third-order valence-corrected chi connectivity index (χ3v) is 3.61. The number of fused-ring (bicyclic) bond motifs is 1. The Bertz CT molecular complexity index is 595. The van der Waals surface area contributed by atoms with Gasteiger partial charge in [0.15, 0.2) is 0 Å². The van der Waals surface area contributed by atoms with Gasteiger partial charge in [0.05, 0.1) is 5.92 Å². The molecule has 3 rings (SSSR count). The van der Waals surface area contributed by atoms with Gasteiger partial charge in [-0.25, -0.2) is 0 Å². The Morgan fingerprint density at radius 2 is 1.79 bits per heavy atom. The molecule has 0 radical (unpaired) electrons. The van der Waals surface area contributed by atoms with Gasteiger partial charge < -0.3 is 10.2 Å². The van der Waals surface area contributed by atoms with E-state index in [1.54, 1.807) is 4.90 Å². The molecule has 1 amide bonds. The summed E-state index contributed by atoms with van der Waals surface area (Å²) in [6.45, 7) is 0.676. The van der Waals surface area contributed by atoms with E-state index in [-0.39, 0.29) is 11.8 Å². The first-order valence-electron chi connectivity index (χ1n) is 6.43. The summed E-state index contributed by atoms with van der Waals surface area (Å²) < 4.78 is 0. The van der Waals surface area contributed by atoms with E-state index in [2.05, 4.69) is 5.32 Å². The molecule has 0 bridgehead atoms. The number of rotatable bonds is 2. The smallest absolute Gasteiger partial charge is 0.236 e. The van der Waals surface area contributed by atoms with E-state index in [1.807, 2.05) is 61.6 Å². The number of carbonyl (C=O) groups excluding carboxylic acids is 1. The third-order valence-electron chi connectivity index (χ3n) is 3.61. The summed E-state index contributed by atoms with van der Waals surface area (Å²) in [5.41, 5.74) is 3.09. The van der Waals surface area contributed by atoms with Gasteiger partial charge in [-0.2, -0.15) is 0 Å². The molecule has 3 heteroatoms. The van der Waals surface area contributed by atoms with Gasteiger partial charge in [-0.05, 0) is 23.8 Å². The molecular weight excluding hydrogens is 236 g/mol. The molecule has 1 N–H and O–H groups in total. The summed E-state index contributed by atoms with van der Waals surface area (Å²) in [6, 6.07) is 17.8. The van der Waals surface area contributed by atoms with E-state index in [1.165, 1.54) is 0 Å². The van der Waals surface area contributed by atoms with Crippen LogP contribution in [-0.4, -0.2) is 19.5 Å². The van der Waals surface area contributed by atoms with Crippen LogP contribution in [0, 0.1) is 0 Å². The van der Waals surface area contributed by atoms with Gasteiger partial charge in [-0.3, -0.25) is 4.79 Å². The van der Waals surface area contributed by atoms with Crippen molar-refractivity contribution in [3.63, 3.8) is 0 Å². The summed E-state index contributed by atoms with van der Waals surface area (Å²) in [7, 11) is 1.83. The standard InChI is InChI=1S/C16H16N2O/c1-18(12-7-3-2-4-8-12)16(19)14-11-17-15-10-6-5-9-13(14)15/h2-10,14,17H,11H2,1H3. The molecule has 1 heterocycles. The molecule has 0 saturated carbocycles. The number of para-hydroxylation sites is 2. The Morgan fingerprint density at radius 1 is 1.11 bits per heavy atom. The van der Waals surface area contributed by atoms with Crippen molar-refractivity contribution < 1.29 is 4.79 Å². The van der Waals surface area contributed by atoms with Crippen LogP contribution in [0.15, 0.2) is 54.6 Å². The molecule has 2 aromatic rings. The number of nitrogens with one attached hydrogen (secondary N) is 1. The molecule has 0 aromatic heterocycles. The fourth-order valence-electron chi connectivity index (χ4n) is 2.52. The summed E-state index contributed by atoms with van der Waals surface area (Å²) in [5, 5.41) is 3.29. The van der Waals surface area contributed by atoms with Gasteiger partial charge in [0.1, 0.15) is 0 Å². The van der Waals surface area contributed by atoms with Crippen molar-refractivity contribution in [2.75, 3.05) is 23.8 Å². The topological polar surface area (TPSA) is 32.3 Å². The van der Waals surface area contributed by atoms with Crippen molar-refractivity contribution in [3.05, 3.63) is 60.2 Å². The van der Waals surface area contributed by atoms with Crippen LogP contribution in [0.5, 0.6) is 0 Å². The van der Waals surface area contributed by atoms with E-state index in [9.17, 15) is 4.79 Å². The second-order valence-corrected chi connectivity index (χ2v) is 4.75. The average molecular weight is 252 g/mol. The number of hydrogen-bond acceptors (Lipinski definition) is 2. The lowest BCUT2D eigenvalue weighted by Crippen LogP contribution is -2.32. The van der Waals surface area contributed by atoms with Crippen molar-refractivity contribution >= 4 is 17.3 Å². The van der Waals surface area contributed by atoms with Crippen molar-refractivity contribution in [2.45, 2.75) is 5.92 Å². The highest BCUT2D eigenvalue weighted by Crippen LogP contribution is 2.32. The van der Waals surface area contributed by atoms with Gasteiger partial charge in [0.25, 0.3) is 0 Å². The van der Waals surface area contributed by atoms with E-state index >= 15 is 0 Å². The van der Waals surface area contributed by atoms with Gasteiger partial charge in [-0.1, -0.05) is 36.4 Å². The normalized spacial score (nSPS) is 16.6. The van der Waals surface area contributed by atoms with Crippen LogP contribution in [0.4, 0.5) is 11.4 Å². The van der Waals surface area contributed by atoms with Crippen LogP contribution in [0.1, 0.15) is 11.5 Å². The number of likely N-dealkylation sites (N-methyl/N-ethyl adjacent to an activating group) is 1. The monoisotopic (exact) mass is 252 g/mol. The number of hydrogen-bond donors (Lipinski definition) is 1. The summed E-state index contributed by atoms with van der Waals surface area (Å²) >= 11 is 0. The molecule has 2 aromatic carbocycles. The maximum absolute atomic E-state index is 12.6. The highest BCUT2D eigenvalue weighted by Gasteiger charge is 2.30. The highest BCUT2D eigenvalue weighted by atomic mass is 16.2. The van der Waals surface area contributed by atoms with Crippen LogP contribution in [-0.2, 0) is 4.79 Å². The average Bonchev–Trinajstić information content (AvgIpc) is 2.90. The number of nitrogens with zero attached hydrogens (tertiary/aromatic N) is 1. The van der Waals surface area contributed by atoms with Crippen LogP contribution in [0.3, 0.4) is 0 Å². The fourth-order valence-corrected chi connectivity index (χ4v) is 2.52. The Kier molecular flexibility index (Phi) is 2.95. The van der Waals surface area contributed by atoms with Crippen LogP contribution < -0.4 is 10.2 Å². The molecule has 1 atom stereocenters. The molecular formula is C16H16N2O. The molecule has 0 saturated heterocycles. The third kappa shape index (κ3) is 2.08. The highest BCUT2D eigenvalue weighted by molar-refractivity contribution is 5.99. The van der Waals surface area contributed by atoms with Crippen LogP contribution in [0.25, 0.3) is 0 Å². The molecule has 96 valence electrons. The van der Waals surface area contributed by atoms with Crippen LogP contribution in [0.2, 0.25) is 0 Å². The SMILES string of the molecule is CN(C(=O)C1CNc2ccccc21)c1ccccc1.